The van der Waals surface area contributed by atoms with Gasteiger partial charge in [-0.25, -0.2) is 12.8 Å². The van der Waals surface area contributed by atoms with Gasteiger partial charge in [-0.15, -0.1) is 0 Å². The summed E-state index contributed by atoms with van der Waals surface area (Å²) in [4.78, 5) is -0.0318. The van der Waals surface area contributed by atoms with Crippen LogP contribution in [0.3, 0.4) is 0 Å². The van der Waals surface area contributed by atoms with Crippen LogP contribution in [0.2, 0.25) is 0 Å². The van der Waals surface area contributed by atoms with E-state index in [2.05, 4.69) is 15.9 Å². The van der Waals surface area contributed by atoms with Gasteiger partial charge in [0.1, 0.15) is 5.82 Å². The van der Waals surface area contributed by atoms with Gasteiger partial charge in [-0.2, -0.15) is 4.31 Å². The molecule has 0 unspecified atom stereocenters. The summed E-state index contributed by atoms with van der Waals surface area (Å²) in [5, 5.41) is 9.63. The highest BCUT2D eigenvalue weighted by Crippen LogP contribution is 2.25. The number of halogens is 2. The van der Waals surface area contributed by atoms with Gasteiger partial charge >= 0.3 is 0 Å². The SMILES string of the molecule is CN(CC(C)(C)O)S(=O)(=O)c1ccc(F)cc1Br. The summed E-state index contributed by atoms with van der Waals surface area (Å²) in [5.41, 5.74) is -1.14. The maximum Gasteiger partial charge on any atom is 0.244 e. The molecular formula is C11H15BrFNO3S. The molecule has 102 valence electrons. The topological polar surface area (TPSA) is 57.6 Å². The Hall–Kier alpha value is -0.500. The maximum atomic E-state index is 12.9. The van der Waals surface area contributed by atoms with E-state index in [9.17, 15) is 17.9 Å². The number of hydrogen-bond donors (Lipinski definition) is 1. The average molecular weight is 340 g/mol. The second-order valence-electron chi connectivity index (χ2n) is 4.65. The number of likely N-dealkylation sites (N-methyl/N-ethyl adjacent to an activating group) is 1. The van der Waals surface area contributed by atoms with Gasteiger partial charge in [0.05, 0.1) is 10.5 Å². The van der Waals surface area contributed by atoms with E-state index in [-0.39, 0.29) is 15.9 Å². The van der Waals surface area contributed by atoms with Crippen LogP contribution in [-0.2, 0) is 10.0 Å². The second-order valence-corrected chi connectivity index (χ2v) is 7.52. The maximum absolute atomic E-state index is 12.9. The molecule has 0 amide bonds. The first-order valence-corrected chi connectivity index (χ1v) is 7.41. The number of nitrogens with zero attached hydrogens (tertiary/aromatic N) is 1. The molecule has 0 saturated carbocycles. The van der Waals surface area contributed by atoms with Crippen molar-refractivity contribution in [3.63, 3.8) is 0 Å². The van der Waals surface area contributed by atoms with E-state index in [1.54, 1.807) is 0 Å². The summed E-state index contributed by atoms with van der Waals surface area (Å²) in [7, 11) is -2.40. The lowest BCUT2D eigenvalue weighted by Crippen LogP contribution is -2.39. The molecule has 0 spiro atoms. The number of hydrogen-bond acceptors (Lipinski definition) is 3. The van der Waals surface area contributed by atoms with Crippen LogP contribution in [0.1, 0.15) is 13.8 Å². The van der Waals surface area contributed by atoms with Gasteiger partial charge in [0, 0.05) is 18.1 Å². The zero-order valence-corrected chi connectivity index (χ0v) is 12.7. The smallest absolute Gasteiger partial charge is 0.244 e. The second kappa shape index (κ2) is 5.24. The average Bonchev–Trinajstić information content (AvgIpc) is 2.13. The van der Waals surface area contributed by atoms with Crippen LogP contribution in [0, 0.1) is 5.82 Å². The summed E-state index contributed by atoms with van der Waals surface area (Å²) in [5.74, 6) is -0.522. The quantitative estimate of drug-likeness (QED) is 0.912. The third-order valence-electron chi connectivity index (χ3n) is 2.19. The van der Waals surface area contributed by atoms with Crippen LogP contribution in [0.4, 0.5) is 4.39 Å². The molecule has 0 aliphatic heterocycles. The predicted molar refractivity (Wildman–Crippen MR) is 70.2 cm³/mol. The monoisotopic (exact) mass is 339 g/mol. The molecule has 0 heterocycles. The van der Waals surface area contributed by atoms with Crippen LogP contribution >= 0.6 is 15.9 Å². The lowest BCUT2D eigenvalue weighted by molar-refractivity contribution is 0.0640. The summed E-state index contributed by atoms with van der Waals surface area (Å²) < 4.78 is 38.5. The summed E-state index contributed by atoms with van der Waals surface area (Å²) in [6.45, 7) is 2.97. The molecule has 1 N–H and O–H groups in total. The first kappa shape index (κ1) is 15.6. The zero-order valence-electron chi connectivity index (χ0n) is 10.3. The van der Waals surface area contributed by atoms with Gasteiger partial charge in [0.15, 0.2) is 0 Å². The van der Waals surface area contributed by atoms with E-state index in [0.717, 1.165) is 16.4 Å². The molecule has 0 atom stereocenters. The normalized spacial score (nSPS) is 13.1. The molecule has 18 heavy (non-hydrogen) atoms. The number of benzene rings is 1. The van der Waals surface area contributed by atoms with Crippen molar-refractivity contribution in [2.24, 2.45) is 0 Å². The van der Waals surface area contributed by atoms with Gasteiger partial charge in [-0.3, -0.25) is 0 Å². The Balaban J connectivity index is 3.14. The van der Waals surface area contributed by atoms with E-state index in [1.807, 2.05) is 0 Å². The molecule has 0 aromatic heterocycles. The van der Waals surface area contributed by atoms with Crippen molar-refractivity contribution < 1.29 is 17.9 Å². The molecule has 0 bridgehead atoms. The van der Waals surface area contributed by atoms with E-state index in [0.29, 0.717) is 0 Å². The Kier molecular flexibility index (Phi) is 4.53. The van der Waals surface area contributed by atoms with Crippen LogP contribution in [0.15, 0.2) is 27.6 Å². The Morgan fingerprint density at radius 1 is 1.44 bits per heavy atom. The van der Waals surface area contributed by atoms with Crippen molar-refractivity contribution in [1.29, 1.82) is 0 Å². The van der Waals surface area contributed by atoms with Gasteiger partial charge in [0.25, 0.3) is 0 Å². The Labute approximate surface area is 115 Å². The number of sulfonamides is 1. The highest BCUT2D eigenvalue weighted by Gasteiger charge is 2.27. The van der Waals surface area contributed by atoms with E-state index >= 15 is 0 Å². The van der Waals surface area contributed by atoms with Gasteiger partial charge < -0.3 is 5.11 Å². The molecule has 0 aliphatic carbocycles. The van der Waals surface area contributed by atoms with Gasteiger partial charge in [0.2, 0.25) is 10.0 Å². The largest absolute Gasteiger partial charge is 0.389 e. The minimum Gasteiger partial charge on any atom is -0.389 e. The molecule has 0 aliphatic rings. The van der Waals surface area contributed by atoms with Crippen molar-refractivity contribution >= 4 is 26.0 Å². The molecular weight excluding hydrogens is 325 g/mol. The van der Waals surface area contributed by atoms with Crippen LogP contribution < -0.4 is 0 Å². The van der Waals surface area contributed by atoms with Crippen molar-refractivity contribution in [2.45, 2.75) is 24.3 Å². The summed E-state index contributed by atoms with van der Waals surface area (Å²) >= 11 is 3.02. The minimum absolute atomic E-state index is 0.0318. The molecule has 1 rings (SSSR count). The zero-order chi connectivity index (χ0) is 14.1. The van der Waals surface area contributed by atoms with Crippen molar-refractivity contribution in [1.82, 2.24) is 4.31 Å². The molecule has 1 aromatic rings. The van der Waals surface area contributed by atoms with E-state index < -0.39 is 21.4 Å². The van der Waals surface area contributed by atoms with Crippen molar-refractivity contribution in [2.75, 3.05) is 13.6 Å². The van der Waals surface area contributed by atoms with Crippen LogP contribution in [0.25, 0.3) is 0 Å². The molecule has 1 aromatic carbocycles. The summed E-state index contributed by atoms with van der Waals surface area (Å²) in [6.07, 6.45) is 0. The number of aliphatic hydroxyl groups is 1. The lowest BCUT2D eigenvalue weighted by atomic mass is 10.1. The first-order chi connectivity index (χ1) is 8.04. The third kappa shape index (κ3) is 3.74. The first-order valence-electron chi connectivity index (χ1n) is 5.18. The van der Waals surface area contributed by atoms with Gasteiger partial charge in [-0.05, 0) is 48.0 Å². The fourth-order valence-electron chi connectivity index (χ4n) is 1.48. The Bertz CT molecular complexity index is 540. The van der Waals surface area contributed by atoms with E-state index in [4.69, 9.17) is 0 Å². The highest BCUT2D eigenvalue weighted by molar-refractivity contribution is 9.10. The van der Waals surface area contributed by atoms with Crippen molar-refractivity contribution in [3.8, 4) is 0 Å². The van der Waals surface area contributed by atoms with Crippen LogP contribution in [-0.4, -0.2) is 37.0 Å². The molecule has 0 saturated heterocycles. The molecule has 7 heteroatoms. The Morgan fingerprint density at radius 3 is 2.44 bits per heavy atom. The predicted octanol–water partition coefficient (Wildman–Crippen LogP) is 1.98. The van der Waals surface area contributed by atoms with Crippen LogP contribution in [0.5, 0.6) is 0 Å². The van der Waals surface area contributed by atoms with E-state index in [1.165, 1.54) is 27.0 Å². The fraction of sp³-hybridized carbons (Fsp3) is 0.455. The molecule has 0 radical (unpaired) electrons. The van der Waals surface area contributed by atoms with Gasteiger partial charge in [-0.1, -0.05) is 0 Å². The Morgan fingerprint density at radius 2 is 2.00 bits per heavy atom. The lowest BCUT2D eigenvalue weighted by Gasteiger charge is -2.25. The minimum atomic E-state index is -3.76. The molecule has 4 nitrogen and oxygen atoms in total. The molecule has 0 fully saturated rings. The third-order valence-corrected chi connectivity index (χ3v) is 4.97. The number of rotatable bonds is 4. The summed E-state index contributed by atoms with van der Waals surface area (Å²) in [6, 6.07) is 3.36. The fourth-order valence-corrected chi connectivity index (χ4v) is 3.81. The standard InChI is InChI=1S/C11H15BrFNO3S/c1-11(2,15)7-14(3)18(16,17)10-5-4-8(13)6-9(10)12/h4-6,15H,7H2,1-3H3. The highest BCUT2D eigenvalue weighted by atomic mass is 79.9. The van der Waals surface area contributed by atoms with Crippen molar-refractivity contribution in [3.05, 3.63) is 28.5 Å².